The first kappa shape index (κ1) is 13.6. The maximum Gasteiger partial charge on any atom is 0.336 e. The van der Waals surface area contributed by atoms with E-state index in [1.54, 1.807) is 12.1 Å². The van der Waals surface area contributed by atoms with E-state index in [4.69, 9.17) is 22.1 Å². The summed E-state index contributed by atoms with van der Waals surface area (Å²) in [4.78, 5) is 23.1. The van der Waals surface area contributed by atoms with Crippen LogP contribution >= 0.6 is 24.0 Å². The van der Waals surface area contributed by atoms with E-state index in [9.17, 15) is 9.59 Å². The van der Waals surface area contributed by atoms with Crippen molar-refractivity contribution in [3.63, 3.8) is 0 Å². The maximum atomic E-state index is 11.5. The number of nitrogens with one attached hydrogen (secondary N) is 1. The highest BCUT2D eigenvalue weighted by molar-refractivity contribution is 8.26. The molecule has 98 valence electrons. The van der Waals surface area contributed by atoms with Gasteiger partial charge in [-0.1, -0.05) is 30.0 Å². The standard InChI is InChI=1S/C12H9NO4S2/c1-17-7-3-2-6(8(5-7)11(15)16)4-9-10(14)13-12(18)19-9/h2-5H,1H3,(H,15,16)(H,13,14,18). The molecule has 0 aliphatic carbocycles. The van der Waals surface area contributed by atoms with Crippen molar-refractivity contribution in [2.45, 2.75) is 0 Å². The highest BCUT2D eigenvalue weighted by Gasteiger charge is 2.23. The van der Waals surface area contributed by atoms with Crippen molar-refractivity contribution in [1.29, 1.82) is 0 Å². The summed E-state index contributed by atoms with van der Waals surface area (Å²) in [7, 11) is 1.46. The zero-order chi connectivity index (χ0) is 14.0. The number of carbonyl (C=O) groups is 2. The summed E-state index contributed by atoms with van der Waals surface area (Å²) in [5, 5.41) is 11.6. The minimum absolute atomic E-state index is 0.0677. The minimum atomic E-state index is -1.09. The van der Waals surface area contributed by atoms with E-state index in [-0.39, 0.29) is 11.5 Å². The SMILES string of the molecule is COc1ccc(C=C2SC(=S)NC2=O)c(C(=O)O)c1. The van der Waals surface area contributed by atoms with Crippen LogP contribution in [0.2, 0.25) is 0 Å². The number of thioether (sulfide) groups is 1. The van der Waals surface area contributed by atoms with Gasteiger partial charge >= 0.3 is 5.97 Å². The number of methoxy groups -OCH3 is 1. The van der Waals surface area contributed by atoms with Crippen LogP contribution in [0.1, 0.15) is 15.9 Å². The third kappa shape index (κ3) is 2.94. The van der Waals surface area contributed by atoms with E-state index in [2.05, 4.69) is 5.32 Å². The van der Waals surface area contributed by atoms with Crippen molar-refractivity contribution in [2.24, 2.45) is 0 Å². The average molecular weight is 295 g/mol. The zero-order valence-corrected chi connectivity index (χ0v) is 11.4. The van der Waals surface area contributed by atoms with Gasteiger partial charge < -0.3 is 15.2 Å². The van der Waals surface area contributed by atoms with Crippen LogP contribution in [0.25, 0.3) is 6.08 Å². The third-order valence-corrected chi connectivity index (χ3v) is 3.58. The van der Waals surface area contributed by atoms with Crippen LogP contribution in [0.3, 0.4) is 0 Å². The molecule has 2 N–H and O–H groups in total. The van der Waals surface area contributed by atoms with Gasteiger partial charge in [-0.15, -0.1) is 0 Å². The number of carboxylic acids is 1. The molecule has 1 aromatic carbocycles. The average Bonchev–Trinajstić information content (AvgIpc) is 2.68. The van der Waals surface area contributed by atoms with E-state index in [0.717, 1.165) is 11.8 Å². The van der Waals surface area contributed by atoms with Crippen LogP contribution in [0.4, 0.5) is 0 Å². The third-order valence-electron chi connectivity index (χ3n) is 2.42. The molecule has 19 heavy (non-hydrogen) atoms. The van der Waals surface area contributed by atoms with Crippen molar-refractivity contribution < 1.29 is 19.4 Å². The number of hydrogen-bond donors (Lipinski definition) is 2. The molecular weight excluding hydrogens is 286 g/mol. The second-order valence-corrected chi connectivity index (χ2v) is 5.33. The lowest BCUT2D eigenvalue weighted by Crippen LogP contribution is -2.17. The van der Waals surface area contributed by atoms with Gasteiger partial charge in [0.05, 0.1) is 17.6 Å². The van der Waals surface area contributed by atoms with Gasteiger partial charge in [0.25, 0.3) is 5.91 Å². The molecule has 0 bridgehead atoms. The fourth-order valence-corrected chi connectivity index (χ4v) is 2.57. The first-order chi connectivity index (χ1) is 9.01. The van der Waals surface area contributed by atoms with Crippen molar-refractivity contribution in [1.82, 2.24) is 5.32 Å². The second kappa shape index (κ2) is 5.41. The molecule has 2 rings (SSSR count). The summed E-state index contributed by atoms with van der Waals surface area (Å²) >= 11 is 5.97. The van der Waals surface area contributed by atoms with E-state index >= 15 is 0 Å². The first-order valence-electron chi connectivity index (χ1n) is 5.17. The van der Waals surface area contributed by atoms with Crippen LogP contribution in [0.15, 0.2) is 23.1 Å². The number of ether oxygens (including phenoxy) is 1. The Morgan fingerprint density at radius 2 is 2.26 bits per heavy atom. The van der Waals surface area contributed by atoms with Crippen LogP contribution < -0.4 is 10.1 Å². The largest absolute Gasteiger partial charge is 0.497 e. The van der Waals surface area contributed by atoms with Gasteiger partial charge in [-0.2, -0.15) is 0 Å². The Hall–Kier alpha value is -1.86. The number of carbonyl (C=O) groups excluding carboxylic acids is 1. The molecular formula is C12H9NO4S2. The number of hydrogen-bond acceptors (Lipinski definition) is 5. The number of carboxylic acid groups (broad SMARTS) is 1. The van der Waals surface area contributed by atoms with E-state index in [1.807, 2.05) is 0 Å². The Bertz CT molecular complexity index is 610. The van der Waals surface area contributed by atoms with Gasteiger partial charge in [-0.05, 0) is 23.8 Å². The number of amides is 1. The molecule has 1 saturated heterocycles. The zero-order valence-electron chi connectivity index (χ0n) is 9.80. The highest BCUT2D eigenvalue weighted by Crippen LogP contribution is 2.28. The quantitative estimate of drug-likeness (QED) is 0.655. The van der Waals surface area contributed by atoms with E-state index in [1.165, 1.54) is 19.3 Å². The molecule has 1 amide bonds. The molecule has 1 aliphatic rings. The molecule has 1 heterocycles. The van der Waals surface area contributed by atoms with Gasteiger partial charge in [0, 0.05) is 0 Å². The molecule has 0 radical (unpaired) electrons. The predicted molar refractivity (Wildman–Crippen MR) is 76.3 cm³/mol. The van der Waals surface area contributed by atoms with Crippen LogP contribution in [-0.4, -0.2) is 28.4 Å². The smallest absolute Gasteiger partial charge is 0.336 e. The molecule has 0 spiro atoms. The molecule has 0 saturated carbocycles. The van der Waals surface area contributed by atoms with E-state index < -0.39 is 5.97 Å². The molecule has 7 heteroatoms. The Morgan fingerprint density at radius 1 is 1.53 bits per heavy atom. The maximum absolute atomic E-state index is 11.5. The van der Waals surface area contributed by atoms with Crippen molar-refractivity contribution in [3.05, 3.63) is 34.2 Å². The molecule has 0 aromatic heterocycles. The lowest BCUT2D eigenvalue weighted by Gasteiger charge is -2.05. The molecule has 1 fully saturated rings. The normalized spacial score (nSPS) is 16.6. The Morgan fingerprint density at radius 3 is 2.79 bits per heavy atom. The highest BCUT2D eigenvalue weighted by atomic mass is 32.2. The molecule has 5 nitrogen and oxygen atoms in total. The molecule has 1 aliphatic heterocycles. The molecule has 0 atom stereocenters. The Labute approximate surface area is 118 Å². The lowest BCUT2D eigenvalue weighted by molar-refractivity contribution is -0.115. The topological polar surface area (TPSA) is 75.6 Å². The van der Waals surface area contributed by atoms with Crippen LogP contribution in [0, 0.1) is 0 Å². The Kier molecular flexibility index (Phi) is 3.87. The van der Waals surface area contributed by atoms with Gasteiger partial charge in [-0.25, -0.2) is 4.79 Å². The van der Waals surface area contributed by atoms with Gasteiger partial charge in [0.2, 0.25) is 0 Å². The monoisotopic (exact) mass is 295 g/mol. The number of benzene rings is 1. The summed E-state index contributed by atoms with van der Waals surface area (Å²) in [6.45, 7) is 0. The van der Waals surface area contributed by atoms with Crippen LogP contribution in [0.5, 0.6) is 5.75 Å². The van der Waals surface area contributed by atoms with Gasteiger partial charge in [0.15, 0.2) is 0 Å². The summed E-state index contributed by atoms with van der Waals surface area (Å²) < 4.78 is 5.34. The number of rotatable bonds is 3. The summed E-state index contributed by atoms with van der Waals surface area (Å²) in [5.41, 5.74) is 0.494. The number of aromatic carboxylic acids is 1. The second-order valence-electron chi connectivity index (χ2n) is 3.61. The summed E-state index contributed by atoms with van der Waals surface area (Å²) in [6, 6.07) is 4.63. The van der Waals surface area contributed by atoms with Gasteiger partial charge in [0.1, 0.15) is 10.1 Å². The predicted octanol–water partition coefficient (Wildman–Crippen LogP) is 1.88. The minimum Gasteiger partial charge on any atom is -0.497 e. The number of thiocarbonyl (C=S) groups is 1. The van der Waals surface area contributed by atoms with Crippen LogP contribution in [-0.2, 0) is 4.79 Å². The van der Waals surface area contributed by atoms with Crippen molar-refractivity contribution in [3.8, 4) is 5.75 Å². The summed E-state index contributed by atoms with van der Waals surface area (Å²) in [5.74, 6) is -0.961. The van der Waals surface area contributed by atoms with Crippen molar-refractivity contribution >= 4 is 46.3 Å². The van der Waals surface area contributed by atoms with Gasteiger partial charge in [-0.3, -0.25) is 4.79 Å². The molecule has 0 unspecified atom stereocenters. The summed E-state index contributed by atoms with van der Waals surface area (Å²) in [6.07, 6.45) is 1.50. The fourth-order valence-electron chi connectivity index (χ4n) is 1.54. The van der Waals surface area contributed by atoms with Crippen molar-refractivity contribution in [2.75, 3.05) is 7.11 Å². The molecule has 1 aromatic rings. The first-order valence-corrected chi connectivity index (χ1v) is 6.40. The van der Waals surface area contributed by atoms with E-state index in [0.29, 0.717) is 20.5 Å². The Balaban J connectivity index is 2.45. The fraction of sp³-hybridized carbons (Fsp3) is 0.0833. The lowest BCUT2D eigenvalue weighted by atomic mass is 10.1.